The van der Waals surface area contributed by atoms with Crippen molar-refractivity contribution < 1.29 is 14.3 Å². The molecule has 3 N–H and O–H groups in total. The van der Waals surface area contributed by atoms with E-state index in [1.807, 2.05) is 42.5 Å². The van der Waals surface area contributed by atoms with Gasteiger partial charge in [0, 0.05) is 29.6 Å². The molecule has 3 rings (SSSR count). The molecule has 1 heterocycles. The number of carbonyl (C=O) groups excluding carboxylic acids is 1. The molecule has 0 atom stereocenters. The van der Waals surface area contributed by atoms with Crippen LogP contribution >= 0.6 is 0 Å². The SMILES string of the molecule is COC(=O)c1ncc(C#Cc2ccccc2N)cc1NCc1ccc(OC)cc1. The molecule has 0 saturated carbocycles. The molecule has 2 aromatic carbocycles. The lowest BCUT2D eigenvalue weighted by atomic mass is 10.1. The number of methoxy groups -OCH3 is 2. The van der Waals surface area contributed by atoms with Gasteiger partial charge in [0.2, 0.25) is 0 Å². The molecule has 0 saturated heterocycles. The van der Waals surface area contributed by atoms with Crippen molar-refractivity contribution in [3.8, 4) is 17.6 Å². The summed E-state index contributed by atoms with van der Waals surface area (Å²) in [6.45, 7) is 0.498. The maximum atomic E-state index is 12.1. The first-order chi connectivity index (χ1) is 14.1. The molecule has 3 aromatic rings. The largest absolute Gasteiger partial charge is 0.497 e. The second-order valence-corrected chi connectivity index (χ2v) is 6.15. The molecule has 0 bridgehead atoms. The Labute approximate surface area is 169 Å². The van der Waals surface area contributed by atoms with Gasteiger partial charge in [-0.3, -0.25) is 0 Å². The first-order valence-electron chi connectivity index (χ1n) is 8.92. The fraction of sp³-hybridized carbons (Fsp3) is 0.130. The van der Waals surface area contributed by atoms with Gasteiger partial charge in [0.1, 0.15) is 5.75 Å². The van der Waals surface area contributed by atoms with Crippen molar-refractivity contribution in [3.05, 3.63) is 83.2 Å². The third-order valence-electron chi connectivity index (χ3n) is 4.21. The van der Waals surface area contributed by atoms with E-state index in [2.05, 4.69) is 22.1 Å². The van der Waals surface area contributed by atoms with E-state index in [0.29, 0.717) is 23.5 Å². The predicted octanol–water partition coefficient (Wildman–Crippen LogP) is 3.47. The van der Waals surface area contributed by atoms with Gasteiger partial charge in [-0.1, -0.05) is 36.1 Å². The zero-order chi connectivity index (χ0) is 20.6. The standard InChI is InChI=1S/C23H21N3O3/c1-28-19-11-8-16(9-12-19)14-25-21-13-17(15-26-22(21)23(27)29-2)7-10-18-5-3-4-6-20(18)24/h3-6,8-9,11-13,15,25H,14,24H2,1-2H3. The van der Waals surface area contributed by atoms with Crippen molar-refractivity contribution in [1.29, 1.82) is 0 Å². The fourth-order valence-corrected chi connectivity index (χ4v) is 2.62. The number of anilines is 2. The molecule has 6 nitrogen and oxygen atoms in total. The molecule has 0 spiro atoms. The summed E-state index contributed by atoms with van der Waals surface area (Å²) in [6.07, 6.45) is 1.54. The maximum absolute atomic E-state index is 12.1. The van der Waals surface area contributed by atoms with Crippen molar-refractivity contribution in [3.63, 3.8) is 0 Å². The van der Waals surface area contributed by atoms with Gasteiger partial charge in [-0.25, -0.2) is 9.78 Å². The number of benzene rings is 2. The van der Waals surface area contributed by atoms with E-state index >= 15 is 0 Å². The summed E-state index contributed by atoms with van der Waals surface area (Å²) in [5, 5.41) is 3.24. The molecule has 1 aromatic heterocycles. The Hall–Kier alpha value is -3.98. The van der Waals surface area contributed by atoms with E-state index in [4.69, 9.17) is 15.2 Å². The Morgan fingerprint density at radius 1 is 1.10 bits per heavy atom. The van der Waals surface area contributed by atoms with E-state index in [1.165, 1.54) is 13.3 Å². The number of nitrogens with two attached hydrogens (primary N) is 1. The molecule has 0 aliphatic rings. The zero-order valence-corrected chi connectivity index (χ0v) is 16.2. The number of carbonyl (C=O) groups is 1. The van der Waals surface area contributed by atoms with Gasteiger partial charge in [-0.15, -0.1) is 0 Å². The van der Waals surface area contributed by atoms with Crippen LogP contribution in [0, 0.1) is 11.8 Å². The summed E-state index contributed by atoms with van der Waals surface area (Å²) in [6, 6.07) is 16.8. The van der Waals surface area contributed by atoms with E-state index in [1.54, 1.807) is 19.2 Å². The topological polar surface area (TPSA) is 86.5 Å². The second kappa shape index (κ2) is 9.29. The number of aromatic nitrogens is 1. The highest BCUT2D eigenvalue weighted by molar-refractivity contribution is 5.93. The van der Waals surface area contributed by atoms with Crippen LogP contribution in [0.4, 0.5) is 11.4 Å². The second-order valence-electron chi connectivity index (χ2n) is 6.15. The van der Waals surface area contributed by atoms with E-state index < -0.39 is 5.97 Å². The molecular weight excluding hydrogens is 366 g/mol. The third kappa shape index (κ3) is 5.05. The highest BCUT2D eigenvalue weighted by atomic mass is 16.5. The number of pyridine rings is 1. The minimum atomic E-state index is -0.519. The number of nitrogens with zero attached hydrogens (tertiary/aromatic N) is 1. The monoisotopic (exact) mass is 387 g/mol. The average Bonchev–Trinajstić information content (AvgIpc) is 2.77. The number of hydrogen-bond acceptors (Lipinski definition) is 6. The summed E-state index contributed by atoms with van der Waals surface area (Å²) in [4.78, 5) is 16.3. The van der Waals surface area contributed by atoms with Gasteiger partial charge in [0.25, 0.3) is 0 Å². The third-order valence-corrected chi connectivity index (χ3v) is 4.21. The lowest BCUT2D eigenvalue weighted by Gasteiger charge is -2.11. The Bertz CT molecular complexity index is 1070. The smallest absolute Gasteiger partial charge is 0.358 e. The summed E-state index contributed by atoms with van der Waals surface area (Å²) >= 11 is 0. The van der Waals surface area contributed by atoms with E-state index in [0.717, 1.165) is 16.9 Å². The minimum absolute atomic E-state index is 0.200. The first kappa shape index (κ1) is 19.8. The van der Waals surface area contributed by atoms with Gasteiger partial charge >= 0.3 is 5.97 Å². The van der Waals surface area contributed by atoms with Crippen molar-refractivity contribution >= 4 is 17.3 Å². The molecule has 0 aliphatic heterocycles. The molecular formula is C23H21N3O3. The predicted molar refractivity (Wildman–Crippen MR) is 113 cm³/mol. The number of nitrogens with one attached hydrogen (secondary N) is 1. The van der Waals surface area contributed by atoms with Crippen molar-refractivity contribution in [2.24, 2.45) is 0 Å². The lowest BCUT2D eigenvalue weighted by Crippen LogP contribution is -2.11. The Balaban J connectivity index is 1.85. The molecule has 6 heteroatoms. The first-order valence-corrected chi connectivity index (χ1v) is 8.92. The molecule has 0 radical (unpaired) electrons. The molecule has 0 aliphatic carbocycles. The summed E-state index contributed by atoms with van der Waals surface area (Å²) < 4.78 is 10.0. The normalized spacial score (nSPS) is 9.86. The summed E-state index contributed by atoms with van der Waals surface area (Å²) in [5.41, 5.74) is 9.69. The number of nitrogen functional groups attached to an aromatic ring is 1. The van der Waals surface area contributed by atoms with Gasteiger partial charge in [-0.2, -0.15) is 0 Å². The van der Waals surface area contributed by atoms with Crippen molar-refractivity contribution in [1.82, 2.24) is 4.98 Å². The van der Waals surface area contributed by atoms with Crippen LogP contribution < -0.4 is 15.8 Å². The molecule has 0 fully saturated rings. The highest BCUT2D eigenvalue weighted by Crippen LogP contribution is 2.19. The molecule has 146 valence electrons. The fourth-order valence-electron chi connectivity index (χ4n) is 2.62. The van der Waals surface area contributed by atoms with Crippen LogP contribution in [0.3, 0.4) is 0 Å². The number of ether oxygens (including phenoxy) is 2. The number of esters is 1. The summed E-state index contributed by atoms with van der Waals surface area (Å²) in [5.74, 6) is 6.33. The molecule has 0 unspecified atom stereocenters. The quantitative estimate of drug-likeness (QED) is 0.396. The Kier molecular flexibility index (Phi) is 6.33. The molecule has 0 amide bonds. The Morgan fingerprint density at radius 2 is 1.86 bits per heavy atom. The number of para-hydroxylation sites is 1. The van der Waals surface area contributed by atoms with Crippen LogP contribution in [0.1, 0.15) is 27.2 Å². The Morgan fingerprint density at radius 3 is 2.55 bits per heavy atom. The van der Waals surface area contributed by atoms with Crippen molar-refractivity contribution in [2.75, 3.05) is 25.3 Å². The summed E-state index contributed by atoms with van der Waals surface area (Å²) in [7, 11) is 2.94. The number of hydrogen-bond donors (Lipinski definition) is 2. The van der Waals surface area contributed by atoms with Crippen LogP contribution in [-0.4, -0.2) is 25.2 Å². The van der Waals surface area contributed by atoms with Gasteiger partial charge in [0.15, 0.2) is 5.69 Å². The van der Waals surface area contributed by atoms with E-state index in [-0.39, 0.29) is 5.69 Å². The average molecular weight is 387 g/mol. The lowest BCUT2D eigenvalue weighted by molar-refractivity contribution is 0.0595. The van der Waals surface area contributed by atoms with Gasteiger partial charge in [-0.05, 0) is 35.9 Å². The minimum Gasteiger partial charge on any atom is -0.497 e. The van der Waals surface area contributed by atoms with Gasteiger partial charge < -0.3 is 20.5 Å². The van der Waals surface area contributed by atoms with Gasteiger partial charge in [0.05, 0.1) is 19.9 Å². The van der Waals surface area contributed by atoms with Crippen LogP contribution in [0.5, 0.6) is 5.75 Å². The van der Waals surface area contributed by atoms with E-state index in [9.17, 15) is 4.79 Å². The number of rotatable bonds is 5. The van der Waals surface area contributed by atoms with Crippen molar-refractivity contribution in [2.45, 2.75) is 6.54 Å². The van der Waals surface area contributed by atoms with Crippen LogP contribution in [0.15, 0.2) is 60.8 Å². The maximum Gasteiger partial charge on any atom is 0.358 e. The zero-order valence-electron chi connectivity index (χ0n) is 16.2. The highest BCUT2D eigenvalue weighted by Gasteiger charge is 2.14. The van der Waals surface area contributed by atoms with Crippen LogP contribution in [-0.2, 0) is 11.3 Å². The molecule has 29 heavy (non-hydrogen) atoms. The van der Waals surface area contributed by atoms with Crippen LogP contribution in [0.25, 0.3) is 0 Å². The van der Waals surface area contributed by atoms with Crippen LogP contribution in [0.2, 0.25) is 0 Å².